The van der Waals surface area contributed by atoms with Gasteiger partial charge in [0.2, 0.25) is 15.9 Å². The van der Waals surface area contributed by atoms with E-state index in [-0.39, 0.29) is 22.8 Å². The summed E-state index contributed by atoms with van der Waals surface area (Å²) in [7, 11) is -3.71. The van der Waals surface area contributed by atoms with Gasteiger partial charge >= 0.3 is 0 Å². The molecule has 1 amide bonds. The van der Waals surface area contributed by atoms with Crippen LogP contribution in [0.15, 0.2) is 53.6 Å². The van der Waals surface area contributed by atoms with Crippen LogP contribution in [0.25, 0.3) is 0 Å². The van der Waals surface area contributed by atoms with Gasteiger partial charge in [0.05, 0.1) is 16.6 Å². The number of pyridine rings is 1. The molecule has 0 spiro atoms. The van der Waals surface area contributed by atoms with Crippen LogP contribution in [0.4, 0.5) is 4.39 Å². The zero-order chi connectivity index (χ0) is 20.1. The molecule has 6 nitrogen and oxygen atoms in total. The number of nitrogens with zero attached hydrogens (tertiary/aromatic N) is 2. The topological polar surface area (TPSA) is 79.4 Å². The molecule has 28 heavy (non-hydrogen) atoms. The van der Waals surface area contributed by atoms with Crippen LogP contribution in [0.5, 0.6) is 0 Å². The van der Waals surface area contributed by atoms with E-state index in [0.717, 1.165) is 11.8 Å². The zero-order valence-electron chi connectivity index (χ0n) is 15.7. The molecule has 2 heterocycles. The number of hydrogen-bond acceptors (Lipinski definition) is 4. The largest absolute Gasteiger partial charge is 0.348 e. The number of sulfonamides is 1. The highest BCUT2D eigenvalue weighted by molar-refractivity contribution is 7.89. The molecule has 0 saturated carbocycles. The number of nitrogens with one attached hydrogen (secondary N) is 1. The SMILES string of the molecule is C[C@H](NC(=O)CC1CCN(S(=O)(=O)c2cccc(F)c2)CC1)c1ccccn1. The van der Waals surface area contributed by atoms with Gasteiger partial charge in [0.15, 0.2) is 0 Å². The molecule has 0 bridgehead atoms. The maximum atomic E-state index is 13.4. The molecule has 1 N–H and O–H groups in total. The van der Waals surface area contributed by atoms with Crippen LogP contribution in [0, 0.1) is 11.7 Å². The van der Waals surface area contributed by atoms with E-state index in [2.05, 4.69) is 10.3 Å². The second-order valence-electron chi connectivity index (χ2n) is 7.05. The van der Waals surface area contributed by atoms with E-state index in [9.17, 15) is 17.6 Å². The van der Waals surface area contributed by atoms with E-state index >= 15 is 0 Å². The fraction of sp³-hybridized carbons (Fsp3) is 0.400. The Labute approximate surface area is 164 Å². The van der Waals surface area contributed by atoms with Gasteiger partial charge < -0.3 is 5.32 Å². The molecule has 150 valence electrons. The third-order valence-corrected chi connectivity index (χ3v) is 6.88. The summed E-state index contributed by atoms with van der Waals surface area (Å²) in [4.78, 5) is 16.5. The van der Waals surface area contributed by atoms with Gasteiger partial charge in [0.25, 0.3) is 0 Å². The van der Waals surface area contributed by atoms with Gasteiger partial charge in [-0.3, -0.25) is 9.78 Å². The second kappa shape index (κ2) is 8.79. The number of halogens is 1. The molecule has 0 unspecified atom stereocenters. The number of benzene rings is 1. The maximum Gasteiger partial charge on any atom is 0.243 e. The highest BCUT2D eigenvalue weighted by Gasteiger charge is 2.30. The van der Waals surface area contributed by atoms with Crippen LogP contribution in [-0.4, -0.2) is 36.7 Å². The zero-order valence-corrected chi connectivity index (χ0v) is 16.5. The molecule has 2 aromatic rings. The number of rotatable bonds is 6. The molecule has 1 aliphatic heterocycles. The van der Waals surface area contributed by atoms with Crippen molar-refractivity contribution >= 4 is 15.9 Å². The quantitative estimate of drug-likeness (QED) is 0.802. The summed E-state index contributed by atoms with van der Waals surface area (Å²) >= 11 is 0. The fourth-order valence-corrected chi connectivity index (χ4v) is 4.90. The first-order valence-corrected chi connectivity index (χ1v) is 10.8. The first kappa shape index (κ1) is 20.4. The Balaban J connectivity index is 1.52. The van der Waals surface area contributed by atoms with E-state index in [0.29, 0.717) is 32.4 Å². The van der Waals surface area contributed by atoms with Gasteiger partial charge in [-0.2, -0.15) is 4.31 Å². The lowest BCUT2D eigenvalue weighted by atomic mass is 9.94. The van der Waals surface area contributed by atoms with Crippen molar-refractivity contribution in [3.05, 3.63) is 60.2 Å². The van der Waals surface area contributed by atoms with Crippen molar-refractivity contribution in [1.29, 1.82) is 0 Å². The predicted octanol–water partition coefficient (Wildman–Crippen LogP) is 2.89. The van der Waals surface area contributed by atoms with E-state index in [1.165, 1.54) is 22.5 Å². The minimum absolute atomic E-state index is 0.0344. The minimum Gasteiger partial charge on any atom is -0.348 e. The first-order valence-electron chi connectivity index (χ1n) is 9.32. The fourth-order valence-electron chi connectivity index (χ4n) is 3.40. The van der Waals surface area contributed by atoms with Crippen LogP contribution in [-0.2, 0) is 14.8 Å². The first-order chi connectivity index (χ1) is 13.4. The van der Waals surface area contributed by atoms with Crippen LogP contribution in [0.3, 0.4) is 0 Å². The normalized spacial score (nSPS) is 17.2. The molecule has 3 rings (SSSR count). The Morgan fingerprint density at radius 3 is 2.64 bits per heavy atom. The lowest BCUT2D eigenvalue weighted by molar-refractivity contribution is -0.122. The highest BCUT2D eigenvalue weighted by Crippen LogP contribution is 2.26. The highest BCUT2D eigenvalue weighted by atomic mass is 32.2. The van der Waals surface area contributed by atoms with Crippen molar-refractivity contribution in [3.8, 4) is 0 Å². The summed E-state index contributed by atoms with van der Waals surface area (Å²) < 4.78 is 40.0. The summed E-state index contributed by atoms with van der Waals surface area (Å²) in [5, 5.41) is 2.94. The summed E-state index contributed by atoms with van der Waals surface area (Å²) in [6.07, 6.45) is 3.23. The number of carbonyl (C=O) groups is 1. The molecule has 1 fully saturated rings. The standard InChI is InChI=1S/C20H24FN3O3S/c1-15(19-7-2-3-10-22-19)23-20(25)13-16-8-11-24(12-9-16)28(26,27)18-6-4-5-17(21)14-18/h2-7,10,14-16H,8-9,11-13H2,1H3,(H,23,25)/t15-/m0/s1. The van der Waals surface area contributed by atoms with Gasteiger partial charge in [0, 0.05) is 25.7 Å². The molecule has 8 heteroatoms. The van der Waals surface area contributed by atoms with Crippen LogP contribution in [0.1, 0.15) is 37.9 Å². The Morgan fingerprint density at radius 2 is 2.00 bits per heavy atom. The van der Waals surface area contributed by atoms with Gasteiger partial charge in [-0.25, -0.2) is 12.8 Å². The lowest BCUT2D eigenvalue weighted by Crippen LogP contribution is -2.39. The number of carbonyl (C=O) groups excluding carboxylic acids is 1. The minimum atomic E-state index is -3.71. The monoisotopic (exact) mass is 405 g/mol. The number of amides is 1. The Hall–Kier alpha value is -2.32. The van der Waals surface area contributed by atoms with Crippen LogP contribution < -0.4 is 5.32 Å². The summed E-state index contributed by atoms with van der Waals surface area (Å²) in [6.45, 7) is 2.54. The molecule has 1 saturated heterocycles. The summed E-state index contributed by atoms with van der Waals surface area (Å²) in [5.41, 5.74) is 0.798. The maximum absolute atomic E-state index is 13.4. The number of hydrogen-bond donors (Lipinski definition) is 1. The lowest BCUT2D eigenvalue weighted by Gasteiger charge is -2.31. The molecular formula is C20H24FN3O3S. The molecule has 1 atom stereocenters. The molecule has 0 radical (unpaired) electrons. The van der Waals surface area contributed by atoms with Gasteiger partial charge in [-0.1, -0.05) is 12.1 Å². The van der Waals surface area contributed by atoms with Gasteiger partial charge in [-0.05, 0) is 56.0 Å². The third kappa shape index (κ3) is 4.94. The van der Waals surface area contributed by atoms with Gasteiger partial charge in [-0.15, -0.1) is 0 Å². The van der Waals surface area contributed by atoms with Crippen molar-refractivity contribution in [3.63, 3.8) is 0 Å². The molecule has 1 aromatic heterocycles. The van der Waals surface area contributed by atoms with Crippen molar-refractivity contribution in [2.24, 2.45) is 5.92 Å². The van der Waals surface area contributed by atoms with Crippen LogP contribution >= 0.6 is 0 Å². The van der Waals surface area contributed by atoms with Crippen molar-refractivity contribution in [1.82, 2.24) is 14.6 Å². The molecular weight excluding hydrogens is 381 g/mol. The Kier molecular flexibility index (Phi) is 6.41. The summed E-state index contributed by atoms with van der Waals surface area (Å²) in [5.74, 6) is -0.519. The van der Waals surface area contributed by atoms with E-state index < -0.39 is 15.8 Å². The van der Waals surface area contributed by atoms with E-state index in [1.807, 2.05) is 25.1 Å². The summed E-state index contributed by atoms with van der Waals surface area (Å²) in [6, 6.07) is 10.4. The predicted molar refractivity (Wildman–Crippen MR) is 103 cm³/mol. The van der Waals surface area contributed by atoms with E-state index in [1.54, 1.807) is 6.20 Å². The molecule has 1 aliphatic rings. The number of piperidine rings is 1. The average molecular weight is 405 g/mol. The van der Waals surface area contributed by atoms with E-state index in [4.69, 9.17) is 0 Å². The average Bonchev–Trinajstić information content (AvgIpc) is 2.69. The van der Waals surface area contributed by atoms with Crippen molar-refractivity contribution < 1.29 is 17.6 Å². The Morgan fingerprint density at radius 1 is 1.25 bits per heavy atom. The Bertz CT molecular complexity index is 913. The van der Waals surface area contributed by atoms with Crippen molar-refractivity contribution in [2.75, 3.05) is 13.1 Å². The van der Waals surface area contributed by atoms with Gasteiger partial charge in [0.1, 0.15) is 5.82 Å². The van der Waals surface area contributed by atoms with Crippen LogP contribution in [0.2, 0.25) is 0 Å². The molecule has 1 aromatic carbocycles. The number of aromatic nitrogens is 1. The van der Waals surface area contributed by atoms with Crippen molar-refractivity contribution in [2.45, 2.75) is 37.1 Å². The second-order valence-corrected chi connectivity index (χ2v) is 8.99. The molecule has 0 aliphatic carbocycles. The third-order valence-electron chi connectivity index (χ3n) is 4.99. The smallest absolute Gasteiger partial charge is 0.243 e.